The van der Waals surface area contributed by atoms with Gasteiger partial charge in [0.1, 0.15) is 5.82 Å². The molecule has 0 heterocycles. The predicted octanol–water partition coefficient (Wildman–Crippen LogP) is 4.05. The monoisotopic (exact) mass is 229 g/mol. The number of anilines is 1. The van der Waals surface area contributed by atoms with E-state index in [-0.39, 0.29) is 5.82 Å². The summed E-state index contributed by atoms with van der Waals surface area (Å²) >= 11 is 0. The molecule has 2 aromatic carbocycles. The van der Waals surface area contributed by atoms with Crippen LogP contribution in [0, 0.1) is 19.7 Å². The number of nitrogens with one attached hydrogen (secondary N) is 1. The molecule has 0 amide bonds. The molecule has 1 N–H and O–H groups in total. The van der Waals surface area contributed by atoms with E-state index in [0.717, 1.165) is 11.3 Å². The first-order valence-electron chi connectivity index (χ1n) is 5.71. The number of hydrogen-bond acceptors (Lipinski definition) is 1. The summed E-state index contributed by atoms with van der Waals surface area (Å²) in [6.45, 7) is 4.46. The first-order chi connectivity index (χ1) is 8.15. The minimum atomic E-state index is -0.145. The molecule has 0 aliphatic carbocycles. The lowest BCUT2D eigenvalue weighted by Gasteiger charge is -2.07. The Morgan fingerprint density at radius 2 is 1.71 bits per heavy atom. The zero-order chi connectivity index (χ0) is 12.3. The van der Waals surface area contributed by atoms with Crippen molar-refractivity contribution in [3.8, 4) is 0 Å². The molecule has 0 aliphatic rings. The van der Waals surface area contributed by atoms with E-state index in [0.29, 0.717) is 12.1 Å². The van der Waals surface area contributed by atoms with Crippen LogP contribution in [0.3, 0.4) is 0 Å². The summed E-state index contributed by atoms with van der Waals surface area (Å²) in [5.74, 6) is -0.145. The van der Waals surface area contributed by atoms with E-state index in [1.54, 1.807) is 13.0 Å². The molecule has 0 atom stereocenters. The molecule has 1 nitrogen and oxygen atoms in total. The van der Waals surface area contributed by atoms with Crippen LogP contribution in [-0.4, -0.2) is 0 Å². The zero-order valence-corrected chi connectivity index (χ0v) is 10.1. The van der Waals surface area contributed by atoms with Crippen molar-refractivity contribution in [1.82, 2.24) is 0 Å². The average molecular weight is 229 g/mol. The van der Waals surface area contributed by atoms with E-state index in [9.17, 15) is 4.39 Å². The lowest BCUT2D eigenvalue weighted by atomic mass is 10.1. The Kier molecular flexibility index (Phi) is 3.43. The summed E-state index contributed by atoms with van der Waals surface area (Å²) in [7, 11) is 0. The van der Waals surface area contributed by atoms with E-state index in [2.05, 4.69) is 24.4 Å². The summed E-state index contributed by atoms with van der Waals surface area (Å²) in [6, 6.07) is 13.5. The van der Waals surface area contributed by atoms with Gasteiger partial charge in [0, 0.05) is 12.2 Å². The number of rotatable bonds is 3. The van der Waals surface area contributed by atoms with Crippen molar-refractivity contribution in [2.75, 3.05) is 5.32 Å². The van der Waals surface area contributed by atoms with Gasteiger partial charge in [0.15, 0.2) is 0 Å². The maximum absolute atomic E-state index is 13.3. The van der Waals surface area contributed by atoms with Gasteiger partial charge >= 0.3 is 0 Å². The minimum Gasteiger partial charge on any atom is -0.381 e. The second-order valence-electron chi connectivity index (χ2n) is 4.30. The predicted molar refractivity (Wildman–Crippen MR) is 69.6 cm³/mol. The molecule has 88 valence electrons. The lowest BCUT2D eigenvalue weighted by molar-refractivity contribution is 0.616. The van der Waals surface area contributed by atoms with Gasteiger partial charge in [-0.05, 0) is 43.2 Å². The number of benzene rings is 2. The van der Waals surface area contributed by atoms with Crippen molar-refractivity contribution in [3.05, 3.63) is 65.0 Å². The molecule has 0 bridgehead atoms. The fourth-order valence-electron chi connectivity index (χ4n) is 1.62. The van der Waals surface area contributed by atoms with Crippen molar-refractivity contribution < 1.29 is 4.39 Å². The molecular formula is C15H16FN. The lowest BCUT2D eigenvalue weighted by Crippen LogP contribution is -2.00. The number of halogens is 1. The molecule has 2 aromatic rings. The first-order valence-corrected chi connectivity index (χ1v) is 5.71. The maximum Gasteiger partial charge on any atom is 0.126 e. The molecule has 0 aliphatic heterocycles. The van der Waals surface area contributed by atoms with E-state index in [1.165, 1.54) is 5.56 Å². The van der Waals surface area contributed by atoms with Gasteiger partial charge in [-0.3, -0.25) is 0 Å². The Balaban J connectivity index is 2.02. The van der Waals surface area contributed by atoms with E-state index >= 15 is 0 Å². The zero-order valence-electron chi connectivity index (χ0n) is 10.1. The third kappa shape index (κ3) is 3.06. The average Bonchev–Trinajstić information content (AvgIpc) is 2.33. The topological polar surface area (TPSA) is 12.0 Å². The van der Waals surface area contributed by atoms with Crippen molar-refractivity contribution in [2.45, 2.75) is 20.4 Å². The van der Waals surface area contributed by atoms with Gasteiger partial charge in [0.05, 0.1) is 0 Å². The molecule has 0 fully saturated rings. The SMILES string of the molecule is Cc1ccc(NCc2ccc(C)c(F)c2)cc1. The quantitative estimate of drug-likeness (QED) is 0.837. The van der Waals surface area contributed by atoms with Crippen LogP contribution < -0.4 is 5.32 Å². The standard InChI is InChI=1S/C15H16FN/c1-11-3-7-14(8-4-11)17-10-13-6-5-12(2)15(16)9-13/h3-9,17H,10H2,1-2H3. The molecule has 2 heteroatoms. The number of hydrogen-bond donors (Lipinski definition) is 1. The van der Waals surface area contributed by atoms with Crippen LogP contribution in [-0.2, 0) is 6.54 Å². The Hall–Kier alpha value is -1.83. The molecule has 0 saturated carbocycles. The van der Waals surface area contributed by atoms with Gasteiger partial charge in [-0.15, -0.1) is 0 Å². The summed E-state index contributed by atoms with van der Waals surface area (Å²) in [5.41, 5.74) is 3.92. The highest BCUT2D eigenvalue weighted by Crippen LogP contribution is 2.13. The van der Waals surface area contributed by atoms with Crippen molar-refractivity contribution >= 4 is 5.69 Å². The van der Waals surface area contributed by atoms with Gasteiger partial charge < -0.3 is 5.32 Å². The van der Waals surface area contributed by atoms with Gasteiger partial charge in [0.2, 0.25) is 0 Å². The largest absolute Gasteiger partial charge is 0.381 e. The third-order valence-corrected chi connectivity index (χ3v) is 2.78. The normalized spacial score (nSPS) is 10.3. The molecule has 0 saturated heterocycles. The van der Waals surface area contributed by atoms with Crippen LogP contribution in [0.1, 0.15) is 16.7 Å². The maximum atomic E-state index is 13.3. The molecule has 2 rings (SSSR count). The Morgan fingerprint density at radius 1 is 1.00 bits per heavy atom. The molecule has 0 spiro atoms. The van der Waals surface area contributed by atoms with Gasteiger partial charge in [-0.2, -0.15) is 0 Å². The van der Waals surface area contributed by atoms with Gasteiger partial charge in [-0.25, -0.2) is 4.39 Å². The summed E-state index contributed by atoms with van der Waals surface area (Å²) in [4.78, 5) is 0. The molecule has 17 heavy (non-hydrogen) atoms. The van der Waals surface area contributed by atoms with E-state index < -0.39 is 0 Å². The highest BCUT2D eigenvalue weighted by Gasteiger charge is 1.99. The Labute approximate surface area is 101 Å². The summed E-state index contributed by atoms with van der Waals surface area (Å²) < 4.78 is 13.3. The van der Waals surface area contributed by atoms with Crippen LogP contribution in [0.5, 0.6) is 0 Å². The van der Waals surface area contributed by atoms with Crippen molar-refractivity contribution in [3.63, 3.8) is 0 Å². The van der Waals surface area contributed by atoms with Crippen LogP contribution >= 0.6 is 0 Å². The van der Waals surface area contributed by atoms with Crippen LogP contribution in [0.15, 0.2) is 42.5 Å². The van der Waals surface area contributed by atoms with Gasteiger partial charge in [0.25, 0.3) is 0 Å². The molecular weight excluding hydrogens is 213 g/mol. The van der Waals surface area contributed by atoms with Crippen LogP contribution in [0.25, 0.3) is 0 Å². The fourth-order valence-corrected chi connectivity index (χ4v) is 1.62. The Morgan fingerprint density at radius 3 is 2.35 bits per heavy atom. The highest BCUT2D eigenvalue weighted by atomic mass is 19.1. The van der Waals surface area contributed by atoms with Crippen molar-refractivity contribution in [1.29, 1.82) is 0 Å². The summed E-state index contributed by atoms with van der Waals surface area (Å²) in [5, 5.41) is 3.27. The minimum absolute atomic E-state index is 0.145. The number of aryl methyl sites for hydroxylation is 2. The fraction of sp³-hybridized carbons (Fsp3) is 0.200. The van der Waals surface area contributed by atoms with Crippen LogP contribution in [0.2, 0.25) is 0 Å². The molecule has 0 unspecified atom stereocenters. The van der Waals surface area contributed by atoms with E-state index in [1.807, 2.05) is 24.3 Å². The summed E-state index contributed by atoms with van der Waals surface area (Å²) in [6.07, 6.45) is 0. The first kappa shape index (κ1) is 11.6. The third-order valence-electron chi connectivity index (χ3n) is 2.78. The van der Waals surface area contributed by atoms with Crippen molar-refractivity contribution in [2.24, 2.45) is 0 Å². The van der Waals surface area contributed by atoms with E-state index in [4.69, 9.17) is 0 Å². The van der Waals surface area contributed by atoms with Crippen LogP contribution in [0.4, 0.5) is 10.1 Å². The Bertz CT molecular complexity index is 503. The smallest absolute Gasteiger partial charge is 0.126 e. The molecule has 0 radical (unpaired) electrons. The highest BCUT2D eigenvalue weighted by molar-refractivity contribution is 5.45. The molecule has 0 aromatic heterocycles. The van der Waals surface area contributed by atoms with Gasteiger partial charge in [-0.1, -0.05) is 29.8 Å². The second-order valence-corrected chi connectivity index (χ2v) is 4.30. The second kappa shape index (κ2) is 5.00.